The lowest BCUT2D eigenvalue weighted by Crippen LogP contribution is -2.39. The maximum absolute atomic E-state index is 5.59. The largest absolute Gasteiger partial charge is 0.338 e. The van der Waals surface area contributed by atoms with Gasteiger partial charge in [-0.1, -0.05) is 33.8 Å². The molecule has 0 unspecified atom stereocenters. The van der Waals surface area contributed by atoms with Gasteiger partial charge in [-0.2, -0.15) is 0 Å². The summed E-state index contributed by atoms with van der Waals surface area (Å²) in [5.41, 5.74) is 0. The topological polar surface area (TPSA) is 3.24 Å². The van der Waals surface area contributed by atoms with Gasteiger partial charge in [0.15, 0.2) is 0 Å². The molecule has 0 aromatic rings. The van der Waals surface area contributed by atoms with Crippen molar-refractivity contribution in [2.75, 3.05) is 5.88 Å². The summed E-state index contributed by atoms with van der Waals surface area (Å²) in [6, 6.07) is 1.13. The first-order chi connectivity index (χ1) is 6.59. The van der Waals surface area contributed by atoms with Crippen LogP contribution in [0.5, 0.6) is 0 Å². The van der Waals surface area contributed by atoms with Gasteiger partial charge in [0.05, 0.1) is 0 Å². The molecule has 1 nitrogen and oxygen atoms in total. The van der Waals surface area contributed by atoms with Crippen molar-refractivity contribution >= 4 is 19.0 Å². The van der Waals surface area contributed by atoms with Crippen molar-refractivity contribution in [3.05, 3.63) is 12.1 Å². The molecule has 0 aliphatic heterocycles. The standard InChI is InChI=1S/C11H22BClN/c1-10(2)14(11(3)4)12-8-6-5-7-9-13/h6,8,10-11H,5,7,9H2,1-4H3/b8-6+. The van der Waals surface area contributed by atoms with Crippen LogP contribution in [0, 0.1) is 0 Å². The summed E-state index contributed by atoms with van der Waals surface area (Å²) in [7, 11) is 2.17. The summed E-state index contributed by atoms with van der Waals surface area (Å²) < 4.78 is 0. The van der Waals surface area contributed by atoms with Crippen molar-refractivity contribution in [2.45, 2.75) is 52.6 Å². The van der Waals surface area contributed by atoms with Gasteiger partial charge in [-0.15, -0.1) is 17.6 Å². The monoisotopic (exact) mass is 214 g/mol. The second-order valence-corrected chi connectivity index (χ2v) is 4.42. The molecular weight excluding hydrogens is 192 g/mol. The van der Waals surface area contributed by atoms with Crippen LogP contribution in [0.4, 0.5) is 0 Å². The fraction of sp³-hybridized carbons (Fsp3) is 0.818. The average molecular weight is 215 g/mol. The molecule has 0 saturated carbocycles. The highest BCUT2D eigenvalue weighted by atomic mass is 35.5. The van der Waals surface area contributed by atoms with Crippen LogP contribution in [0.15, 0.2) is 12.1 Å². The van der Waals surface area contributed by atoms with Crippen molar-refractivity contribution < 1.29 is 0 Å². The third-order valence-corrected chi connectivity index (χ3v) is 2.36. The maximum Gasteiger partial charge on any atom is 0.239 e. The highest BCUT2D eigenvalue weighted by Crippen LogP contribution is 2.03. The first-order valence-electron chi connectivity index (χ1n) is 5.43. The molecule has 1 radical (unpaired) electrons. The normalized spacial score (nSPS) is 12.3. The van der Waals surface area contributed by atoms with Gasteiger partial charge in [0, 0.05) is 5.88 Å². The van der Waals surface area contributed by atoms with E-state index < -0.39 is 0 Å². The van der Waals surface area contributed by atoms with E-state index >= 15 is 0 Å². The van der Waals surface area contributed by atoms with Crippen LogP contribution in [-0.4, -0.2) is 30.2 Å². The van der Waals surface area contributed by atoms with Gasteiger partial charge < -0.3 is 4.81 Å². The second kappa shape index (κ2) is 8.37. The van der Waals surface area contributed by atoms with Gasteiger partial charge in [-0.25, -0.2) is 0 Å². The van der Waals surface area contributed by atoms with Gasteiger partial charge in [-0.3, -0.25) is 0 Å². The maximum atomic E-state index is 5.59. The van der Waals surface area contributed by atoms with Crippen LogP contribution in [0.1, 0.15) is 40.5 Å². The van der Waals surface area contributed by atoms with Gasteiger partial charge in [-0.05, 0) is 24.9 Å². The Balaban J connectivity index is 3.76. The molecule has 0 bridgehead atoms. The molecule has 0 rings (SSSR count). The predicted octanol–water partition coefficient (Wildman–Crippen LogP) is 3.26. The molecule has 0 atom stereocenters. The van der Waals surface area contributed by atoms with E-state index in [1.807, 2.05) is 0 Å². The van der Waals surface area contributed by atoms with Crippen molar-refractivity contribution in [1.29, 1.82) is 0 Å². The fourth-order valence-electron chi connectivity index (χ4n) is 1.39. The summed E-state index contributed by atoms with van der Waals surface area (Å²) in [5.74, 6) is 2.88. The molecule has 0 heterocycles. The number of hydrogen-bond donors (Lipinski definition) is 0. The third-order valence-electron chi connectivity index (χ3n) is 2.09. The Morgan fingerprint density at radius 2 is 1.79 bits per heavy atom. The molecular formula is C11H22BClN. The number of alkyl halides is 1. The van der Waals surface area contributed by atoms with Crippen molar-refractivity contribution in [3.8, 4) is 0 Å². The van der Waals surface area contributed by atoms with Crippen molar-refractivity contribution in [1.82, 2.24) is 4.81 Å². The lowest BCUT2D eigenvalue weighted by atomic mass is 9.86. The summed E-state index contributed by atoms with van der Waals surface area (Å²) in [6.07, 6.45) is 4.32. The van der Waals surface area contributed by atoms with Crippen molar-refractivity contribution in [2.24, 2.45) is 0 Å². The Morgan fingerprint density at radius 3 is 2.21 bits per heavy atom. The number of rotatable bonds is 7. The van der Waals surface area contributed by atoms with E-state index in [1.165, 1.54) is 0 Å². The first kappa shape index (κ1) is 14.1. The Labute approximate surface area is 94.8 Å². The summed E-state index contributed by atoms with van der Waals surface area (Å²) in [5, 5.41) is 0. The zero-order valence-electron chi connectivity index (χ0n) is 9.83. The van der Waals surface area contributed by atoms with Gasteiger partial charge in [0.2, 0.25) is 7.41 Å². The van der Waals surface area contributed by atoms with Gasteiger partial charge in [0.25, 0.3) is 0 Å². The highest BCUT2D eigenvalue weighted by molar-refractivity contribution is 6.38. The van der Waals surface area contributed by atoms with Crippen LogP contribution in [0.25, 0.3) is 0 Å². The van der Waals surface area contributed by atoms with E-state index in [0.717, 1.165) is 18.7 Å². The van der Waals surface area contributed by atoms with E-state index in [4.69, 9.17) is 11.6 Å². The van der Waals surface area contributed by atoms with Crippen LogP contribution < -0.4 is 0 Å². The number of hydrogen-bond acceptors (Lipinski definition) is 1. The van der Waals surface area contributed by atoms with E-state index in [2.05, 4.69) is 52.0 Å². The molecule has 3 heteroatoms. The van der Waals surface area contributed by atoms with Crippen molar-refractivity contribution in [3.63, 3.8) is 0 Å². The van der Waals surface area contributed by atoms with Crippen LogP contribution in [0.3, 0.4) is 0 Å². The molecule has 0 aromatic heterocycles. The third kappa shape index (κ3) is 6.50. The van der Waals surface area contributed by atoms with E-state index in [0.29, 0.717) is 12.1 Å². The molecule has 14 heavy (non-hydrogen) atoms. The van der Waals surface area contributed by atoms with Crippen LogP contribution >= 0.6 is 11.6 Å². The Bertz CT molecular complexity index is 149. The molecule has 81 valence electrons. The Hall–Kier alpha value is 0.0549. The number of nitrogens with zero attached hydrogens (tertiary/aromatic N) is 1. The van der Waals surface area contributed by atoms with Gasteiger partial charge in [0.1, 0.15) is 0 Å². The number of halogens is 1. The Morgan fingerprint density at radius 1 is 1.21 bits per heavy atom. The minimum absolute atomic E-state index is 0.563. The van der Waals surface area contributed by atoms with Crippen LogP contribution in [0.2, 0.25) is 0 Å². The van der Waals surface area contributed by atoms with Crippen LogP contribution in [-0.2, 0) is 0 Å². The SMILES string of the molecule is CC(C)N([B]/C=C/CCCCl)C(C)C. The quantitative estimate of drug-likeness (QED) is 0.357. The molecule has 0 aliphatic rings. The Kier molecular flexibility index (Phi) is 8.40. The second-order valence-electron chi connectivity index (χ2n) is 4.04. The zero-order valence-corrected chi connectivity index (χ0v) is 10.6. The molecule has 0 aliphatic carbocycles. The number of allylic oxidation sites excluding steroid dienone is 1. The lowest BCUT2D eigenvalue weighted by Gasteiger charge is -2.28. The summed E-state index contributed by atoms with van der Waals surface area (Å²) >= 11 is 5.59. The zero-order chi connectivity index (χ0) is 11.0. The molecule has 0 aromatic carbocycles. The smallest absolute Gasteiger partial charge is 0.239 e. The average Bonchev–Trinajstić information content (AvgIpc) is 2.09. The van der Waals surface area contributed by atoms with Gasteiger partial charge >= 0.3 is 0 Å². The van der Waals surface area contributed by atoms with E-state index in [1.54, 1.807) is 0 Å². The minimum Gasteiger partial charge on any atom is -0.338 e. The molecule has 0 spiro atoms. The van der Waals surface area contributed by atoms with E-state index in [-0.39, 0.29) is 0 Å². The molecule has 0 saturated heterocycles. The minimum atomic E-state index is 0.563. The first-order valence-corrected chi connectivity index (χ1v) is 5.96. The molecule has 0 N–H and O–H groups in total. The summed E-state index contributed by atoms with van der Waals surface area (Å²) in [4.78, 5) is 2.34. The fourth-order valence-corrected chi connectivity index (χ4v) is 1.55. The highest BCUT2D eigenvalue weighted by Gasteiger charge is 2.11. The summed E-state index contributed by atoms with van der Waals surface area (Å²) in [6.45, 7) is 8.85. The molecule has 0 amide bonds. The molecule has 0 fully saturated rings. The van der Waals surface area contributed by atoms with E-state index in [9.17, 15) is 0 Å². The lowest BCUT2D eigenvalue weighted by molar-refractivity contribution is 0.315. The number of unbranched alkanes of at least 4 members (excludes halogenated alkanes) is 1. The predicted molar refractivity (Wildman–Crippen MR) is 67.0 cm³/mol.